The van der Waals surface area contributed by atoms with Gasteiger partial charge in [-0.1, -0.05) is 23.2 Å². The first-order chi connectivity index (χ1) is 10.7. The molecule has 116 valence electrons. The molecule has 0 aliphatic heterocycles. The zero-order valence-electron chi connectivity index (χ0n) is 12.1. The van der Waals surface area contributed by atoms with Crippen LogP contribution in [-0.2, 0) is 6.54 Å². The number of aromatic nitrogens is 2. The topological polar surface area (TPSA) is 89.3 Å². The van der Waals surface area contributed by atoms with Gasteiger partial charge < -0.3 is 15.6 Å². The van der Waals surface area contributed by atoms with Gasteiger partial charge in [-0.05, 0) is 43.0 Å². The fraction of sp³-hybridized carbons (Fsp3) is 0.400. The molecule has 1 aromatic carbocycles. The Labute approximate surface area is 133 Å². The number of aliphatic imine (C=N–C) groups is 1. The molecule has 0 bridgehead atoms. The molecule has 0 spiro atoms. The molecular weight excluding hydrogens is 302 g/mol. The number of guanidine groups is 1. The van der Waals surface area contributed by atoms with E-state index in [0.717, 1.165) is 18.0 Å². The monoisotopic (exact) mass is 319 g/mol. The normalized spacial score (nSPS) is 15.6. The summed E-state index contributed by atoms with van der Waals surface area (Å²) in [5, 5.41) is 7.72. The minimum absolute atomic E-state index is 0.268. The van der Waals surface area contributed by atoms with E-state index in [1.807, 2.05) is 12.1 Å². The maximum absolute atomic E-state index is 5.85. The van der Waals surface area contributed by atoms with Crippen molar-refractivity contribution in [1.29, 1.82) is 0 Å². The summed E-state index contributed by atoms with van der Waals surface area (Å²) < 4.78 is 5.17. The lowest BCUT2D eigenvalue weighted by Gasteiger charge is -2.25. The van der Waals surface area contributed by atoms with Crippen molar-refractivity contribution in [3.05, 3.63) is 35.2 Å². The molecule has 1 saturated carbocycles. The van der Waals surface area contributed by atoms with Gasteiger partial charge in [0.25, 0.3) is 0 Å². The van der Waals surface area contributed by atoms with E-state index in [2.05, 4.69) is 20.4 Å². The third-order valence-corrected chi connectivity index (χ3v) is 4.00. The van der Waals surface area contributed by atoms with Crippen LogP contribution in [0, 0.1) is 5.92 Å². The predicted molar refractivity (Wildman–Crippen MR) is 85.4 cm³/mol. The van der Waals surface area contributed by atoms with Crippen molar-refractivity contribution in [2.24, 2.45) is 16.6 Å². The molecule has 0 amide bonds. The van der Waals surface area contributed by atoms with Gasteiger partial charge in [-0.15, -0.1) is 0 Å². The Hall–Kier alpha value is -2.08. The average Bonchev–Trinajstić information content (AvgIpc) is 2.93. The summed E-state index contributed by atoms with van der Waals surface area (Å²) in [6.07, 6.45) is 3.86. The zero-order valence-corrected chi connectivity index (χ0v) is 12.9. The van der Waals surface area contributed by atoms with Crippen LogP contribution in [0.2, 0.25) is 5.02 Å². The molecule has 22 heavy (non-hydrogen) atoms. The second kappa shape index (κ2) is 6.79. The van der Waals surface area contributed by atoms with Crippen LogP contribution in [0.5, 0.6) is 0 Å². The van der Waals surface area contributed by atoms with Gasteiger partial charge in [0, 0.05) is 17.1 Å². The lowest BCUT2D eigenvalue weighted by Crippen LogP contribution is -2.37. The van der Waals surface area contributed by atoms with Gasteiger partial charge in [0.1, 0.15) is 6.54 Å². The van der Waals surface area contributed by atoms with Crippen molar-refractivity contribution < 1.29 is 4.52 Å². The fourth-order valence-electron chi connectivity index (χ4n) is 2.19. The van der Waals surface area contributed by atoms with E-state index < -0.39 is 0 Å². The first-order valence-corrected chi connectivity index (χ1v) is 7.71. The van der Waals surface area contributed by atoms with Crippen molar-refractivity contribution in [2.45, 2.75) is 25.8 Å². The Balaban J connectivity index is 1.55. The summed E-state index contributed by atoms with van der Waals surface area (Å²) in [5.74, 6) is 2.09. The Bertz CT molecular complexity index is 648. The van der Waals surface area contributed by atoms with E-state index >= 15 is 0 Å². The van der Waals surface area contributed by atoms with Crippen LogP contribution in [-0.4, -0.2) is 22.6 Å². The summed E-state index contributed by atoms with van der Waals surface area (Å²) in [7, 11) is 0. The maximum atomic E-state index is 5.85. The molecule has 3 rings (SSSR count). The van der Waals surface area contributed by atoms with Crippen LogP contribution < -0.4 is 11.1 Å². The van der Waals surface area contributed by atoms with Gasteiger partial charge in [0.2, 0.25) is 11.7 Å². The zero-order chi connectivity index (χ0) is 15.4. The van der Waals surface area contributed by atoms with E-state index in [-0.39, 0.29) is 6.54 Å². The number of hydrogen-bond acceptors (Lipinski definition) is 4. The molecule has 0 unspecified atom stereocenters. The number of nitrogens with two attached hydrogens (primary N) is 1. The highest BCUT2D eigenvalue weighted by Gasteiger charge is 2.16. The number of nitrogens with one attached hydrogen (secondary N) is 1. The second-order valence-electron chi connectivity index (χ2n) is 5.40. The summed E-state index contributed by atoms with van der Waals surface area (Å²) in [4.78, 5) is 8.51. The highest BCUT2D eigenvalue weighted by molar-refractivity contribution is 6.30. The minimum Gasteiger partial charge on any atom is -0.370 e. The van der Waals surface area contributed by atoms with Crippen molar-refractivity contribution >= 4 is 17.6 Å². The van der Waals surface area contributed by atoms with Crippen LogP contribution in [0.4, 0.5) is 0 Å². The van der Waals surface area contributed by atoms with Crippen molar-refractivity contribution in [3.63, 3.8) is 0 Å². The van der Waals surface area contributed by atoms with Gasteiger partial charge in [-0.3, -0.25) is 0 Å². The summed E-state index contributed by atoms with van der Waals surface area (Å²) >= 11 is 5.85. The molecular formula is C15H18ClN5O. The van der Waals surface area contributed by atoms with Gasteiger partial charge in [-0.2, -0.15) is 4.98 Å². The number of halogens is 1. The third-order valence-electron chi connectivity index (χ3n) is 3.75. The fourth-order valence-corrected chi connectivity index (χ4v) is 2.32. The smallest absolute Gasteiger partial charge is 0.248 e. The lowest BCUT2D eigenvalue weighted by atomic mass is 9.85. The Morgan fingerprint density at radius 1 is 1.36 bits per heavy atom. The number of hydrogen-bond donors (Lipinski definition) is 2. The lowest BCUT2D eigenvalue weighted by molar-refractivity contribution is 0.315. The summed E-state index contributed by atoms with van der Waals surface area (Å²) in [6.45, 7) is 1.15. The highest BCUT2D eigenvalue weighted by atomic mass is 35.5. The van der Waals surface area contributed by atoms with E-state index in [0.29, 0.717) is 22.7 Å². The van der Waals surface area contributed by atoms with E-state index in [9.17, 15) is 0 Å². The molecule has 1 aliphatic rings. The SMILES string of the molecule is NC(=NCc1nc(-c2ccc(Cl)cc2)no1)NCC1CCC1. The molecule has 6 nitrogen and oxygen atoms in total. The number of rotatable bonds is 5. The third kappa shape index (κ3) is 3.76. The maximum Gasteiger partial charge on any atom is 0.248 e. The molecule has 1 fully saturated rings. The van der Waals surface area contributed by atoms with Gasteiger partial charge in [0.15, 0.2) is 5.96 Å². The van der Waals surface area contributed by atoms with Gasteiger partial charge in [0.05, 0.1) is 0 Å². The van der Waals surface area contributed by atoms with Crippen LogP contribution in [0.25, 0.3) is 11.4 Å². The van der Waals surface area contributed by atoms with Crippen LogP contribution >= 0.6 is 11.6 Å². The summed E-state index contributed by atoms with van der Waals surface area (Å²) in [6, 6.07) is 7.25. The van der Waals surface area contributed by atoms with Crippen LogP contribution in [0.3, 0.4) is 0 Å². The molecule has 0 radical (unpaired) electrons. The number of nitrogens with zero attached hydrogens (tertiary/aromatic N) is 3. The number of benzene rings is 1. The largest absolute Gasteiger partial charge is 0.370 e. The van der Waals surface area contributed by atoms with Crippen molar-refractivity contribution in [1.82, 2.24) is 15.5 Å². The average molecular weight is 320 g/mol. The van der Waals surface area contributed by atoms with Gasteiger partial charge >= 0.3 is 0 Å². The molecule has 1 heterocycles. The molecule has 1 aromatic heterocycles. The Morgan fingerprint density at radius 2 is 2.14 bits per heavy atom. The highest BCUT2D eigenvalue weighted by Crippen LogP contribution is 2.25. The summed E-state index contributed by atoms with van der Waals surface area (Å²) in [5.41, 5.74) is 6.66. The van der Waals surface area contributed by atoms with Crippen LogP contribution in [0.1, 0.15) is 25.2 Å². The quantitative estimate of drug-likeness (QED) is 0.653. The van der Waals surface area contributed by atoms with Gasteiger partial charge in [-0.25, -0.2) is 4.99 Å². The minimum atomic E-state index is 0.268. The standard InChI is InChI=1S/C15H18ClN5O/c16-12-6-4-11(5-7-12)14-20-13(22-21-14)9-19-15(17)18-8-10-2-1-3-10/h4-7,10H,1-3,8-9H2,(H3,17,18,19). The van der Waals surface area contributed by atoms with Crippen molar-refractivity contribution in [3.8, 4) is 11.4 Å². The van der Waals surface area contributed by atoms with E-state index in [1.165, 1.54) is 19.3 Å². The molecule has 3 N–H and O–H groups in total. The molecule has 0 saturated heterocycles. The molecule has 0 atom stereocenters. The van der Waals surface area contributed by atoms with Crippen molar-refractivity contribution in [2.75, 3.05) is 6.54 Å². The second-order valence-corrected chi connectivity index (χ2v) is 5.83. The van der Waals surface area contributed by atoms with Crippen LogP contribution in [0.15, 0.2) is 33.8 Å². The van der Waals surface area contributed by atoms with E-state index in [1.54, 1.807) is 12.1 Å². The first kappa shape index (κ1) is 14.8. The van der Waals surface area contributed by atoms with E-state index in [4.69, 9.17) is 21.9 Å². The molecule has 2 aromatic rings. The molecule has 1 aliphatic carbocycles. The predicted octanol–water partition coefficient (Wildman–Crippen LogP) is 2.59. The molecule has 7 heteroatoms. The first-order valence-electron chi connectivity index (χ1n) is 7.33. The Kier molecular flexibility index (Phi) is 4.58. The Morgan fingerprint density at radius 3 is 2.82 bits per heavy atom.